The zero-order valence-corrected chi connectivity index (χ0v) is 18.2. The molecule has 2 heterocycles. The van der Waals surface area contributed by atoms with E-state index < -0.39 is 10.0 Å². The normalized spacial score (nSPS) is 17.3. The summed E-state index contributed by atoms with van der Waals surface area (Å²) in [7, 11) is -3.40. The van der Waals surface area contributed by atoms with Crippen molar-refractivity contribution < 1.29 is 8.42 Å². The van der Waals surface area contributed by atoms with Crippen molar-refractivity contribution in [1.82, 2.24) is 9.21 Å². The van der Waals surface area contributed by atoms with Gasteiger partial charge in [-0.2, -0.15) is 4.31 Å². The minimum absolute atomic E-state index is 0.0660. The summed E-state index contributed by atoms with van der Waals surface area (Å²) in [5, 5.41) is 2.10. The fraction of sp³-hybridized carbons (Fsp3) is 0.524. The number of hydrogen-bond acceptors (Lipinski definition) is 4. The summed E-state index contributed by atoms with van der Waals surface area (Å²) < 4.78 is 27.6. The predicted octanol–water partition coefficient (Wildman–Crippen LogP) is 3.98. The standard InChI is InChI=1S/C21H30N2O2S2/c1-4-21(2,3)18-7-9-20(10-8-18)27(24,25)23-15-13-22(14-16-23)12-11-19-6-5-17-26-19/h5-10,17H,4,11-16H2,1-3H3. The van der Waals surface area contributed by atoms with Crippen LogP contribution in [0.4, 0.5) is 0 Å². The third kappa shape index (κ3) is 4.80. The lowest BCUT2D eigenvalue weighted by Crippen LogP contribution is -2.48. The van der Waals surface area contributed by atoms with Crippen LogP contribution in [0.3, 0.4) is 0 Å². The van der Waals surface area contributed by atoms with Crippen molar-refractivity contribution in [2.75, 3.05) is 32.7 Å². The number of hydrogen-bond donors (Lipinski definition) is 0. The molecule has 1 saturated heterocycles. The lowest BCUT2D eigenvalue weighted by atomic mass is 9.82. The fourth-order valence-corrected chi connectivity index (χ4v) is 5.47. The smallest absolute Gasteiger partial charge is 0.243 e. The zero-order chi connectivity index (χ0) is 19.5. The maximum Gasteiger partial charge on any atom is 0.243 e. The Hall–Kier alpha value is -1.21. The van der Waals surface area contributed by atoms with Crippen molar-refractivity contribution in [3.63, 3.8) is 0 Å². The molecular weight excluding hydrogens is 376 g/mol. The van der Waals surface area contributed by atoms with E-state index >= 15 is 0 Å². The molecule has 0 unspecified atom stereocenters. The molecule has 0 bridgehead atoms. The van der Waals surface area contributed by atoms with Crippen LogP contribution in [0.2, 0.25) is 0 Å². The maximum atomic E-state index is 13.0. The summed E-state index contributed by atoms with van der Waals surface area (Å²) in [6.45, 7) is 10.2. The highest BCUT2D eigenvalue weighted by atomic mass is 32.2. The molecule has 1 fully saturated rings. The van der Waals surface area contributed by atoms with Crippen LogP contribution in [0, 0.1) is 0 Å². The van der Waals surface area contributed by atoms with E-state index in [4.69, 9.17) is 0 Å². The van der Waals surface area contributed by atoms with Gasteiger partial charge in [-0.3, -0.25) is 0 Å². The summed E-state index contributed by atoms with van der Waals surface area (Å²) >= 11 is 1.78. The van der Waals surface area contributed by atoms with E-state index in [1.165, 1.54) is 10.4 Å². The Morgan fingerprint density at radius 1 is 1.04 bits per heavy atom. The summed E-state index contributed by atoms with van der Waals surface area (Å²) in [6.07, 6.45) is 2.06. The summed E-state index contributed by atoms with van der Waals surface area (Å²) in [4.78, 5) is 4.16. The second-order valence-electron chi connectivity index (χ2n) is 7.84. The van der Waals surface area contributed by atoms with Crippen molar-refractivity contribution in [2.24, 2.45) is 0 Å². The molecule has 148 valence electrons. The van der Waals surface area contributed by atoms with Crippen LogP contribution in [-0.4, -0.2) is 50.3 Å². The van der Waals surface area contributed by atoms with Gasteiger partial charge in [0.2, 0.25) is 10.0 Å². The van der Waals surface area contributed by atoms with Gasteiger partial charge in [0.1, 0.15) is 0 Å². The molecule has 1 aromatic heterocycles. The first-order chi connectivity index (χ1) is 12.8. The third-order valence-corrected chi connectivity index (χ3v) is 8.59. The van der Waals surface area contributed by atoms with E-state index in [1.54, 1.807) is 27.8 Å². The van der Waals surface area contributed by atoms with Crippen molar-refractivity contribution in [2.45, 2.75) is 43.9 Å². The highest BCUT2D eigenvalue weighted by Gasteiger charge is 2.29. The van der Waals surface area contributed by atoms with Crippen LogP contribution in [0.15, 0.2) is 46.7 Å². The highest BCUT2D eigenvalue weighted by molar-refractivity contribution is 7.89. The molecule has 27 heavy (non-hydrogen) atoms. The molecule has 3 rings (SSSR count). The Labute approximate surface area is 167 Å². The van der Waals surface area contributed by atoms with Gasteiger partial charge in [0.25, 0.3) is 0 Å². The first kappa shape index (κ1) is 20.5. The summed E-state index contributed by atoms with van der Waals surface area (Å²) in [5.41, 5.74) is 1.25. The van der Waals surface area contributed by atoms with Crippen molar-refractivity contribution in [1.29, 1.82) is 0 Å². The molecule has 4 nitrogen and oxygen atoms in total. The Kier molecular flexibility index (Phi) is 6.41. The second kappa shape index (κ2) is 8.43. The van der Waals surface area contributed by atoms with E-state index in [1.807, 2.05) is 12.1 Å². The largest absolute Gasteiger partial charge is 0.300 e. The highest BCUT2D eigenvalue weighted by Crippen LogP contribution is 2.28. The summed E-state index contributed by atoms with van der Waals surface area (Å²) in [5.74, 6) is 0. The van der Waals surface area contributed by atoms with Gasteiger partial charge >= 0.3 is 0 Å². The van der Waals surface area contributed by atoms with Gasteiger partial charge in [-0.25, -0.2) is 8.42 Å². The first-order valence-corrected chi connectivity index (χ1v) is 12.0. The Morgan fingerprint density at radius 2 is 1.70 bits per heavy atom. The third-order valence-electron chi connectivity index (χ3n) is 5.74. The van der Waals surface area contributed by atoms with Crippen LogP contribution in [0.25, 0.3) is 0 Å². The van der Waals surface area contributed by atoms with Crippen LogP contribution in [0.1, 0.15) is 37.6 Å². The van der Waals surface area contributed by atoms with Gasteiger partial charge in [-0.05, 0) is 47.4 Å². The van der Waals surface area contributed by atoms with E-state index in [9.17, 15) is 8.42 Å². The van der Waals surface area contributed by atoms with Crippen molar-refractivity contribution in [3.8, 4) is 0 Å². The predicted molar refractivity (Wildman–Crippen MR) is 113 cm³/mol. The molecule has 0 amide bonds. The minimum Gasteiger partial charge on any atom is -0.300 e. The zero-order valence-electron chi connectivity index (χ0n) is 16.5. The van der Waals surface area contributed by atoms with Crippen LogP contribution in [0.5, 0.6) is 0 Å². The molecule has 0 saturated carbocycles. The van der Waals surface area contributed by atoms with Gasteiger partial charge in [-0.15, -0.1) is 11.3 Å². The molecule has 0 N–H and O–H groups in total. The maximum absolute atomic E-state index is 13.0. The van der Waals surface area contributed by atoms with E-state index in [-0.39, 0.29) is 5.41 Å². The fourth-order valence-electron chi connectivity index (χ4n) is 3.35. The average molecular weight is 407 g/mol. The van der Waals surface area contributed by atoms with E-state index in [0.29, 0.717) is 18.0 Å². The lowest BCUT2D eigenvalue weighted by Gasteiger charge is -2.34. The number of piperazine rings is 1. The molecular formula is C21H30N2O2S2. The number of sulfonamides is 1. The molecule has 1 aliphatic heterocycles. The van der Waals surface area contributed by atoms with Gasteiger partial charge in [0.15, 0.2) is 0 Å². The first-order valence-electron chi connectivity index (χ1n) is 9.68. The second-order valence-corrected chi connectivity index (χ2v) is 10.8. The van der Waals surface area contributed by atoms with Crippen molar-refractivity contribution >= 4 is 21.4 Å². The Bertz CT molecular complexity index is 820. The van der Waals surface area contributed by atoms with Gasteiger partial charge in [0, 0.05) is 37.6 Å². The van der Waals surface area contributed by atoms with Crippen LogP contribution < -0.4 is 0 Å². The Morgan fingerprint density at radius 3 is 2.26 bits per heavy atom. The van der Waals surface area contributed by atoms with Crippen LogP contribution in [-0.2, 0) is 21.9 Å². The number of thiophene rings is 1. The monoisotopic (exact) mass is 406 g/mol. The topological polar surface area (TPSA) is 40.6 Å². The SMILES string of the molecule is CCC(C)(C)c1ccc(S(=O)(=O)N2CCN(CCc3cccs3)CC2)cc1. The van der Waals surface area contributed by atoms with Gasteiger partial charge < -0.3 is 4.90 Å². The molecule has 0 atom stereocenters. The molecule has 0 spiro atoms. The van der Waals surface area contributed by atoms with Gasteiger partial charge in [0.05, 0.1) is 4.90 Å². The number of benzene rings is 1. The molecule has 0 radical (unpaired) electrons. The molecule has 6 heteroatoms. The van der Waals surface area contributed by atoms with Crippen LogP contribution >= 0.6 is 11.3 Å². The van der Waals surface area contributed by atoms with Crippen molar-refractivity contribution in [3.05, 3.63) is 52.2 Å². The molecule has 1 aliphatic rings. The number of nitrogens with zero attached hydrogens (tertiary/aromatic N) is 2. The minimum atomic E-state index is -3.40. The van der Waals surface area contributed by atoms with E-state index in [2.05, 4.69) is 43.2 Å². The molecule has 2 aromatic rings. The van der Waals surface area contributed by atoms with Gasteiger partial charge in [-0.1, -0.05) is 39.0 Å². The molecule has 1 aromatic carbocycles. The molecule has 0 aliphatic carbocycles. The quantitative estimate of drug-likeness (QED) is 0.698. The lowest BCUT2D eigenvalue weighted by molar-refractivity contribution is 0.190. The van der Waals surface area contributed by atoms with E-state index in [0.717, 1.165) is 32.5 Å². The average Bonchev–Trinajstić information content (AvgIpc) is 3.20. The summed E-state index contributed by atoms with van der Waals surface area (Å²) in [6, 6.07) is 11.7. The number of rotatable bonds is 7. The Balaban J connectivity index is 1.59.